The second-order valence-electron chi connectivity index (χ2n) is 10.8. The second kappa shape index (κ2) is 7.88. The molecule has 4 aliphatic carbocycles. The van der Waals surface area contributed by atoms with Crippen LogP contribution in [0.2, 0.25) is 0 Å². The molecule has 0 unspecified atom stereocenters. The van der Waals surface area contributed by atoms with E-state index in [2.05, 4.69) is 6.08 Å². The second-order valence-corrected chi connectivity index (χ2v) is 10.8. The lowest BCUT2D eigenvalue weighted by Gasteiger charge is -2.55. The average molecular weight is 461 g/mol. The Morgan fingerprint density at radius 2 is 1.82 bits per heavy atom. The van der Waals surface area contributed by atoms with Gasteiger partial charge in [0.15, 0.2) is 18.0 Å². The summed E-state index contributed by atoms with van der Waals surface area (Å²) < 4.78 is 26.4. The van der Waals surface area contributed by atoms with E-state index >= 15 is 4.39 Å². The maximum absolute atomic E-state index is 15.5. The van der Waals surface area contributed by atoms with Crippen molar-refractivity contribution in [2.24, 2.45) is 28.6 Å². The fraction of sp³-hybridized carbons (Fsp3) is 0.692. The SMILES string of the molecule is CC(=O)OCC(=O)[C@@]1(OC(C)=O)[C@H](C)C[C@@H]2[C@@H]3C[C@H](F)C4=CC(=O)CC[C@]4(C)C3=CC[C@]21C. The molecule has 0 aliphatic heterocycles. The molecular formula is C26H33FO6. The van der Waals surface area contributed by atoms with Crippen LogP contribution in [0.1, 0.15) is 66.7 Å². The van der Waals surface area contributed by atoms with Crippen LogP contribution >= 0.6 is 0 Å². The van der Waals surface area contributed by atoms with Gasteiger partial charge in [0.05, 0.1) is 0 Å². The molecule has 0 N–H and O–H groups in total. The molecule has 0 heterocycles. The molecule has 4 rings (SSSR count). The summed E-state index contributed by atoms with van der Waals surface area (Å²) in [5.41, 5.74) is -0.990. The van der Waals surface area contributed by atoms with Crippen molar-refractivity contribution in [3.05, 3.63) is 23.3 Å². The molecule has 180 valence electrons. The topological polar surface area (TPSA) is 86.7 Å². The van der Waals surface area contributed by atoms with Crippen LogP contribution in [0.5, 0.6) is 0 Å². The van der Waals surface area contributed by atoms with Crippen molar-refractivity contribution in [3.63, 3.8) is 0 Å². The standard InChI is InChI=1S/C26H33FO6/c1-14-10-20-18-12-22(27)21-11-17(30)6-8-24(21,4)19(18)7-9-25(20,5)26(14,33-16(3)29)23(31)13-32-15(2)28/h7,11,14,18,20,22H,6,8-10,12-13H2,1-5H3/t14-,18-,20-,22+,24-,25-,26+/m1/s1. The van der Waals surface area contributed by atoms with Crippen molar-refractivity contribution in [2.45, 2.75) is 78.5 Å². The minimum atomic E-state index is -1.45. The smallest absolute Gasteiger partial charge is 0.303 e. The Bertz CT molecular complexity index is 981. The highest BCUT2D eigenvalue weighted by atomic mass is 19.1. The first kappa shape index (κ1) is 23.8. The number of ketones is 2. The molecule has 0 radical (unpaired) electrons. The van der Waals surface area contributed by atoms with Crippen molar-refractivity contribution in [1.82, 2.24) is 0 Å². The zero-order valence-corrected chi connectivity index (χ0v) is 20.0. The van der Waals surface area contributed by atoms with Gasteiger partial charge in [0.2, 0.25) is 5.78 Å². The van der Waals surface area contributed by atoms with Crippen LogP contribution in [0.4, 0.5) is 4.39 Å². The molecule has 7 atom stereocenters. The number of hydrogen-bond acceptors (Lipinski definition) is 6. The quantitative estimate of drug-likeness (QED) is 0.464. The van der Waals surface area contributed by atoms with Crippen LogP contribution in [0.15, 0.2) is 23.3 Å². The summed E-state index contributed by atoms with van der Waals surface area (Å²) in [4.78, 5) is 49.2. The summed E-state index contributed by atoms with van der Waals surface area (Å²) in [6.07, 6.45) is 4.70. The lowest BCUT2D eigenvalue weighted by molar-refractivity contribution is -0.190. The summed E-state index contributed by atoms with van der Waals surface area (Å²) in [6, 6.07) is 0. The average Bonchev–Trinajstić information content (AvgIpc) is 2.95. The largest absolute Gasteiger partial charge is 0.458 e. The van der Waals surface area contributed by atoms with Crippen molar-refractivity contribution in [2.75, 3.05) is 6.61 Å². The number of carbonyl (C=O) groups is 4. The highest BCUT2D eigenvalue weighted by molar-refractivity contribution is 5.94. The van der Waals surface area contributed by atoms with Gasteiger partial charge in [-0.15, -0.1) is 0 Å². The Balaban J connectivity index is 1.80. The summed E-state index contributed by atoms with van der Waals surface area (Å²) in [5, 5.41) is 0. The molecule has 33 heavy (non-hydrogen) atoms. The Morgan fingerprint density at radius 3 is 2.45 bits per heavy atom. The van der Waals surface area contributed by atoms with E-state index in [-0.39, 0.29) is 30.0 Å². The number of allylic oxidation sites excluding steroid dienone is 4. The number of alkyl halides is 1. The fourth-order valence-electron chi connectivity index (χ4n) is 7.56. The number of hydrogen-bond donors (Lipinski definition) is 0. The van der Waals surface area contributed by atoms with Gasteiger partial charge >= 0.3 is 11.9 Å². The van der Waals surface area contributed by atoms with Gasteiger partial charge in [-0.25, -0.2) is 4.39 Å². The monoisotopic (exact) mass is 460 g/mol. The third kappa shape index (κ3) is 3.33. The maximum Gasteiger partial charge on any atom is 0.303 e. The van der Waals surface area contributed by atoms with Crippen LogP contribution < -0.4 is 0 Å². The summed E-state index contributed by atoms with van der Waals surface area (Å²) in [7, 11) is 0. The van der Waals surface area contributed by atoms with Gasteiger partial charge in [0.1, 0.15) is 6.17 Å². The van der Waals surface area contributed by atoms with Gasteiger partial charge in [0.25, 0.3) is 0 Å². The van der Waals surface area contributed by atoms with E-state index in [1.807, 2.05) is 20.8 Å². The molecule has 2 fully saturated rings. The first-order valence-corrected chi connectivity index (χ1v) is 11.8. The third-order valence-electron chi connectivity index (χ3n) is 8.99. The van der Waals surface area contributed by atoms with E-state index < -0.39 is 46.9 Å². The van der Waals surface area contributed by atoms with Crippen LogP contribution in [0, 0.1) is 28.6 Å². The minimum Gasteiger partial charge on any atom is -0.458 e. The first-order valence-electron chi connectivity index (χ1n) is 11.8. The van der Waals surface area contributed by atoms with Crippen molar-refractivity contribution < 1.29 is 33.0 Å². The Hall–Kier alpha value is -2.31. The van der Waals surface area contributed by atoms with Gasteiger partial charge in [-0.3, -0.25) is 19.2 Å². The molecule has 0 saturated heterocycles. The van der Waals surface area contributed by atoms with E-state index in [1.54, 1.807) is 0 Å². The normalized spacial score (nSPS) is 41.7. The van der Waals surface area contributed by atoms with Gasteiger partial charge in [-0.1, -0.05) is 32.4 Å². The Kier molecular flexibility index (Phi) is 5.69. The van der Waals surface area contributed by atoms with Gasteiger partial charge in [-0.05, 0) is 49.2 Å². The highest BCUT2D eigenvalue weighted by Gasteiger charge is 2.70. The van der Waals surface area contributed by atoms with Crippen molar-refractivity contribution in [3.8, 4) is 0 Å². The molecule has 0 spiro atoms. The number of rotatable bonds is 4. The third-order valence-corrected chi connectivity index (χ3v) is 8.99. The Morgan fingerprint density at radius 1 is 1.12 bits per heavy atom. The molecular weight excluding hydrogens is 427 g/mol. The number of esters is 2. The van der Waals surface area contributed by atoms with E-state index in [0.717, 1.165) is 5.57 Å². The summed E-state index contributed by atoms with van der Waals surface area (Å²) in [6.45, 7) is 7.92. The zero-order valence-electron chi connectivity index (χ0n) is 20.0. The van der Waals surface area contributed by atoms with E-state index in [1.165, 1.54) is 19.9 Å². The summed E-state index contributed by atoms with van der Waals surface area (Å²) >= 11 is 0. The van der Waals surface area contributed by atoms with E-state index in [4.69, 9.17) is 9.47 Å². The molecule has 7 heteroatoms. The van der Waals surface area contributed by atoms with Gasteiger partial charge in [0, 0.05) is 37.0 Å². The lowest BCUT2D eigenvalue weighted by atomic mass is 9.50. The van der Waals surface area contributed by atoms with Gasteiger partial charge < -0.3 is 9.47 Å². The van der Waals surface area contributed by atoms with Crippen molar-refractivity contribution >= 4 is 23.5 Å². The molecule has 0 amide bonds. The van der Waals surface area contributed by atoms with Crippen LogP contribution in [-0.2, 0) is 28.7 Å². The molecule has 0 bridgehead atoms. The number of ether oxygens (including phenoxy) is 2. The molecule has 4 aliphatic rings. The fourth-order valence-corrected chi connectivity index (χ4v) is 7.56. The molecule has 6 nitrogen and oxygen atoms in total. The first-order chi connectivity index (χ1) is 15.4. The van der Waals surface area contributed by atoms with E-state index in [9.17, 15) is 19.2 Å². The minimum absolute atomic E-state index is 0.0238. The van der Waals surface area contributed by atoms with Gasteiger partial charge in [-0.2, -0.15) is 0 Å². The highest BCUT2D eigenvalue weighted by Crippen LogP contribution is 2.68. The number of carbonyl (C=O) groups excluding carboxylic acids is 4. The maximum atomic E-state index is 15.5. The lowest BCUT2D eigenvalue weighted by Crippen LogP contribution is -2.60. The predicted molar refractivity (Wildman–Crippen MR) is 118 cm³/mol. The van der Waals surface area contributed by atoms with E-state index in [0.29, 0.717) is 31.3 Å². The number of fused-ring (bicyclic) bond motifs is 5. The summed E-state index contributed by atoms with van der Waals surface area (Å²) in [5.74, 6) is -2.11. The van der Waals surface area contributed by atoms with Crippen LogP contribution in [0.25, 0.3) is 0 Å². The zero-order chi connectivity index (χ0) is 24.3. The molecule has 2 saturated carbocycles. The predicted octanol–water partition coefficient (Wildman–Crippen LogP) is 4.07. The molecule has 0 aromatic carbocycles. The molecule has 0 aromatic rings. The number of Topliss-reactive ketones (excluding diaryl/α,β-unsaturated/α-hetero) is 1. The van der Waals surface area contributed by atoms with Crippen molar-refractivity contribution in [1.29, 1.82) is 0 Å². The Labute approximate surface area is 193 Å². The van der Waals surface area contributed by atoms with Crippen LogP contribution in [0.3, 0.4) is 0 Å². The van der Waals surface area contributed by atoms with Crippen LogP contribution in [-0.4, -0.2) is 41.9 Å². The molecule has 0 aromatic heterocycles. The number of halogens is 1.